The third-order valence-corrected chi connectivity index (χ3v) is 3.69. The first-order valence-electron chi connectivity index (χ1n) is 7.50. The summed E-state index contributed by atoms with van der Waals surface area (Å²) in [7, 11) is 3.13. The molecule has 0 spiro atoms. The Bertz CT molecular complexity index is 925. The minimum atomic E-state index is -0.495. The zero-order chi connectivity index (χ0) is 18.5. The van der Waals surface area contributed by atoms with Crippen LogP contribution in [0.25, 0.3) is 0 Å². The Kier molecular flexibility index (Phi) is 5.33. The number of halogens is 2. The molecule has 1 heterocycles. The average Bonchev–Trinajstić information content (AvgIpc) is 2.65. The maximum absolute atomic E-state index is 13.2. The van der Waals surface area contributed by atoms with Gasteiger partial charge in [-0.05, 0) is 30.3 Å². The van der Waals surface area contributed by atoms with Crippen LogP contribution in [-0.2, 0) is 0 Å². The van der Waals surface area contributed by atoms with Crippen LogP contribution in [0, 0.1) is 5.82 Å². The predicted molar refractivity (Wildman–Crippen MR) is 97.3 cm³/mol. The summed E-state index contributed by atoms with van der Waals surface area (Å²) in [6.45, 7) is 0. The zero-order valence-corrected chi connectivity index (χ0v) is 14.7. The molecule has 0 saturated carbocycles. The van der Waals surface area contributed by atoms with Crippen molar-refractivity contribution in [3.63, 3.8) is 0 Å². The molecule has 0 bridgehead atoms. The highest BCUT2D eigenvalue weighted by atomic mass is 35.5. The molecule has 9 heteroatoms. The normalized spacial score (nSPS) is 10.3. The van der Waals surface area contributed by atoms with Crippen molar-refractivity contribution in [1.29, 1.82) is 0 Å². The summed E-state index contributed by atoms with van der Waals surface area (Å²) in [6, 6.07) is 9.55. The van der Waals surface area contributed by atoms with Crippen molar-refractivity contribution >= 4 is 34.7 Å². The Labute approximate surface area is 154 Å². The summed E-state index contributed by atoms with van der Waals surface area (Å²) in [5, 5.41) is 13.9. The van der Waals surface area contributed by atoms with Gasteiger partial charge in [0.1, 0.15) is 17.3 Å². The van der Waals surface area contributed by atoms with Crippen molar-refractivity contribution in [2.75, 3.05) is 24.9 Å². The van der Waals surface area contributed by atoms with Crippen LogP contribution < -0.4 is 20.1 Å². The molecule has 0 saturated heterocycles. The van der Waals surface area contributed by atoms with Gasteiger partial charge in [-0.15, -0.1) is 5.10 Å². The van der Waals surface area contributed by atoms with Gasteiger partial charge in [-0.2, -0.15) is 10.1 Å². The van der Waals surface area contributed by atoms with E-state index in [1.807, 2.05) is 0 Å². The topological polar surface area (TPSA) is 81.2 Å². The first-order valence-corrected chi connectivity index (χ1v) is 7.87. The van der Waals surface area contributed by atoms with E-state index in [4.69, 9.17) is 21.1 Å². The quantitative estimate of drug-likeness (QED) is 0.669. The van der Waals surface area contributed by atoms with E-state index < -0.39 is 5.82 Å². The van der Waals surface area contributed by atoms with E-state index in [0.29, 0.717) is 28.7 Å². The van der Waals surface area contributed by atoms with Gasteiger partial charge in [-0.3, -0.25) is 0 Å². The summed E-state index contributed by atoms with van der Waals surface area (Å²) in [6.07, 6.45) is 1.44. The fraction of sp³-hybridized carbons (Fsp3) is 0.118. The lowest BCUT2D eigenvalue weighted by atomic mass is 10.2. The van der Waals surface area contributed by atoms with Crippen molar-refractivity contribution in [3.05, 3.63) is 53.4 Å². The third-order valence-electron chi connectivity index (χ3n) is 3.40. The summed E-state index contributed by atoms with van der Waals surface area (Å²) in [5.41, 5.74) is 1.19. The van der Waals surface area contributed by atoms with Crippen LogP contribution in [0.2, 0.25) is 5.02 Å². The predicted octanol–water partition coefficient (Wildman–Crippen LogP) is 4.17. The molecule has 2 aromatic carbocycles. The minimum absolute atomic E-state index is 0.0106. The van der Waals surface area contributed by atoms with Crippen molar-refractivity contribution in [2.24, 2.45) is 0 Å². The van der Waals surface area contributed by atoms with Crippen LogP contribution >= 0.6 is 11.6 Å². The van der Waals surface area contributed by atoms with E-state index in [9.17, 15) is 4.39 Å². The average molecular weight is 376 g/mol. The van der Waals surface area contributed by atoms with E-state index in [1.165, 1.54) is 18.3 Å². The Morgan fingerprint density at radius 3 is 2.62 bits per heavy atom. The zero-order valence-electron chi connectivity index (χ0n) is 14.0. The van der Waals surface area contributed by atoms with Gasteiger partial charge >= 0.3 is 0 Å². The van der Waals surface area contributed by atoms with Gasteiger partial charge in [-0.25, -0.2) is 4.39 Å². The number of aromatic nitrogens is 3. The number of hydrogen-bond acceptors (Lipinski definition) is 7. The van der Waals surface area contributed by atoms with E-state index in [2.05, 4.69) is 25.8 Å². The lowest BCUT2D eigenvalue weighted by Gasteiger charge is -2.12. The fourth-order valence-corrected chi connectivity index (χ4v) is 2.35. The van der Waals surface area contributed by atoms with E-state index in [1.54, 1.807) is 38.5 Å². The number of anilines is 4. The standard InChI is InChI=1S/C17H15ClFN5O2/c1-25-11-4-6-15(26-2)14(8-11)22-17-23-16(9-20-24-17)21-10-3-5-13(19)12(18)7-10/h3-9H,1-2H3,(H2,21,22,23,24). The number of nitrogens with zero attached hydrogens (tertiary/aromatic N) is 3. The van der Waals surface area contributed by atoms with Gasteiger partial charge < -0.3 is 20.1 Å². The molecular formula is C17H15ClFN5O2. The number of hydrogen-bond donors (Lipinski definition) is 2. The van der Waals surface area contributed by atoms with Crippen LogP contribution in [-0.4, -0.2) is 29.4 Å². The fourth-order valence-electron chi connectivity index (χ4n) is 2.17. The smallest absolute Gasteiger partial charge is 0.249 e. The summed E-state index contributed by atoms with van der Waals surface area (Å²) in [4.78, 5) is 4.32. The molecule has 0 aliphatic carbocycles. The van der Waals surface area contributed by atoms with Crippen molar-refractivity contribution in [1.82, 2.24) is 15.2 Å². The Morgan fingerprint density at radius 2 is 1.88 bits per heavy atom. The Morgan fingerprint density at radius 1 is 1.04 bits per heavy atom. The summed E-state index contributed by atoms with van der Waals surface area (Å²) >= 11 is 5.78. The van der Waals surface area contributed by atoms with Crippen LogP contribution in [0.15, 0.2) is 42.6 Å². The van der Waals surface area contributed by atoms with E-state index in [-0.39, 0.29) is 11.0 Å². The van der Waals surface area contributed by atoms with E-state index >= 15 is 0 Å². The second-order valence-electron chi connectivity index (χ2n) is 5.11. The molecular weight excluding hydrogens is 361 g/mol. The van der Waals surface area contributed by atoms with Gasteiger partial charge in [0.25, 0.3) is 0 Å². The number of nitrogens with one attached hydrogen (secondary N) is 2. The van der Waals surface area contributed by atoms with Gasteiger partial charge in [0.15, 0.2) is 5.82 Å². The molecule has 7 nitrogen and oxygen atoms in total. The van der Waals surface area contributed by atoms with Crippen LogP contribution in [0.4, 0.5) is 27.5 Å². The highest BCUT2D eigenvalue weighted by molar-refractivity contribution is 6.31. The molecule has 0 radical (unpaired) electrons. The Hall–Kier alpha value is -3.13. The first kappa shape index (κ1) is 17.7. The van der Waals surface area contributed by atoms with Crippen molar-refractivity contribution in [3.8, 4) is 11.5 Å². The lowest BCUT2D eigenvalue weighted by molar-refractivity contribution is 0.405. The molecule has 0 fully saturated rings. The molecule has 2 N–H and O–H groups in total. The first-order chi connectivity index (χ1) is 12.6. The number of rotatable bonds is 6. The molecule has 0 atom stereocenters. The van der Waals surface area contributed by atoms with E-state index in [0.717, 1.165) is 0 Å². The van der Waals surface area contributed by atoms with Crippen molar-refractivity contribution < 1.29 is 13.9 Å². The molecule has 0 aliphatic rings. The molecule has 0 amide bonds. The van der Waals surface area contributed by atoms with Crippen LogP contribution in [0.3, 0.4) is 0 Å². The SMILES string of the molecule is COc1ccc(OC)c(Nc2nncc(Nc3ccc(F)c(Cl)c3)n2)c1. The largest absolute Gasteiger partial charge is 0.497 e. The highest BCUT2D eigenvalue weighted by Crippen LogP contribution is 2.30. The van der Waals surface area contributed by atoms with Gasteiger partial charge in [0.2, 0.25) is 5.95 Å². The molecule has 1 aromatic heterocycles. The van der Waals surface area contributed by atoms with Crippen molar-refractivity contribution in [2.45, 2.75) is 0 Å². The molecule has 3 aromatic rings. The second kappa shape index (κ2) is 7.83. The Balaban J connectivity index is 1.82. The van der Waals surface area contributed by atoms with Crippen LogP contribution in [0.5, 0.6) is 11.5 Å². The van der Waals surface area contributed by atoms with Gasteiger partial charge in [-0.1, -0.05) is 11.6 Å². The minimum Gasteiger partial charge on any atom is -0.497 e. The molecule has 134 valence electrons. The second-order valence-corrected chi connectivity index (χ2v) is 5.52. The van der Waals surface area contributed by atoms with Gasteiger partial charge in [0.05, 0.1) is 31.1 Å². The monoisotopic (exact) mass is 375 g/mol. The molecule has 0 unspecified atom stereocenters. The molecule has 3 rings (SSSR count). The number of methoxy groups -OCH3 is 2. The highest BCUT2D eigenvalue weighted by Gasteiger charge is 2.09. The maximum atomic E-state index is 13.2. The third kappa shape index (κ3) is 4.09. The number of benzene rings is 2. The number of ether oxygens (including phenoxy) is 2. The maximum Gasteiger partial charge on any atom is 0.249 e. The molecule has 0 aliphatic heterocycles. The van der Waals surface area contributed by atoms with Crippen LogP contribution in [0.1, 0.15) is 0 Å². The summed E-state index contributed by atoms with van der Waals surface area (Å²) < 4.78 is 23.8. The summed E-state index contributed by atoms with van der Waals surface area (Å²) in [5.74, 6) is 1.40. The molecule has 26 heavy (non-hydrogen) atoms. The van der Waals surface area contributed by atoms with Gasteiger partial charge in [0, 0.05) is 11.8 Å². The lowest BCUT2D eigenvalue weighted by Crippen LogP contribution is -2.03.